The van der Waals surface area contributed by atoms with Gasteiger partial charge in [0.1, 0.15) is 0 Å². The molecular formula is C15H22N2O. The molecule has 1 aromatic rings. The maximum absolute atomic E-state index is 11.6. The van der Waals surface area contributed by atoms with Gasteiger partial charge in [0.25, 0.3) is 0 Å². The lowest BCUT2D eigenvalue weighted by molar-refractivity contribution is -0.116. The summed E-state index contributed by atoms with van der Waals surface area (Å²) in [5, 5.41) is 3.00. The molecule has 0 fully saturated rings. The van der Waals surface area contributed by atoms with Crippen molar-refractivity contribution in [2.45, 2.75) is 46.1 Å². The smallest absolute Gasteiger partial charge is 0.224 e. The fraction of sp³-hybridized carbons (Fsp3) is 0.533. The zero-order chi connectivity index (χ0) is 13.3. The molecule has 3 heteroatoms. The SMILES string of the molecule is CCC(C)C(N)c1cc(C)cc2c1NC(=O)CC2. The van der Waals surface area contributed by atoms with Crippen LogP contribution in [0, 0.1) is 12.8 Å². The van der Waals surface area contributed by atoms with Crippen LogP contribution in [-0.4, -0.2) is 5.91 Å². The van der Waals surface area contributed by atoms with Crippen molar-refractivity contribution < 1.29 is 4.79 Å². The molecule has 1 aliphatic heterocycles. The fourth-order valence-corrected chi connectivity index (χ4v) is 2.51. The summed E-state index contributed by atoms with van der Waals surface area (Å²) in [5.41, 5.74) is 10.8. The monoisotopic (exact) mass is 246 g/mol. The second-order valence-electron chi connectivity index (χ2n) is 5.35. The normalized spacial score (nSPS) is 17.9. The lowest BCUT2D eigenvalue weighted by atomic mass is 9.87. The van der Waals surface area contributed by atoms with Gasteiger partial charge in [-0.3, -0.25) is 4.79 Å². The van der Waals surface area contributed by atoms with Crippen molar-refractivity contribution in [2.24, 2.45) is 11.7 Å². The van der Waals surface area contributed by atoms with E-state index in [1.54, 1.807) is 0 Å². The highest BCUT2D eigenvalue weighted by molar-refractivity contribution is 5.95. The van der Waals surface area contributed by atoms with Crippen molar-refractivity contribution in [3.63, 3.8) is 0 Å². The summed E-state index contributed by atoms with van der Waals surface area (Å²) in [6, 6.07) is 4.25. The first-order chi connectivity index (χ1) is 8.52. The molecule has 18 heavy (non-hydrogen) atoms. The number of fused-ring (bicyclic) bond motifs is 1. The zero-order valence-electron chi connectivity index (χ0n) is 11.4. The van der Waals surface area contributed by atoms with Gasteiger partial charge in [0.15, 0.2) is 0 Å². The lowest BCUT2D eigenvalue weighted by Crippen LogP contribution is -2.25. The minimum Gasteiger partial charge on any atom is -0.326 e. The van der Waals surface area contributed by atoms with Crippen LogP contribution in [-0.2, 0) is 11.2 Å². The van der Waals surface area contributed by atoms with Gasteiger partial charge >= 0.3 is 0 Å². The second kappa shape index (κ2) is 5.11. The molecule has 98 valence electrons. The first-order valence-corrected chi connectivity index (χ1v) is 6.71. The molecule has 2 rings (SSSR count). The molecule has 3 nitrogen and oxygen atoms in total. The van der Waals surface area contributed by atoms with E-state index < -0.39 is 0 Å². The molecule has 1 heterocycles. The predicted octanol–water partition coefficient (Wildman–Crippen LogP) is 2.93. The molecule has 1 amide bonds. The van der Waals surface area contributed by atoms with Crippen LogP contribution in [0.5, 0.6) is 0 Å². The Morgan fingerprint density at radius 1 is 1.39 bits per heavy atom. The maximum atomic E-state index is 11.6. The molecule has 0 aromatic heterocycles. The third kappa shape index (κ3) is 2.41. The summed E-state index contributed by atoms with van der Waals surface area (Å²) >= 11 is 0. The van der Waals surface area contributed by atoms with Gasteiger partial charge in [-0.15, -0.1) is 0 Å². The van der Waals surface area contributed by atoms with Crippen LogP contribution >= 0.6 is 0 Å². The highest BCUT2D eigenvalue weighted by Crippen LogP contribution is 2.34. The van der Waals surface area contributed by atoms with E-state index >= 15 is 0 Å². The number of anilines is 1. The zero-order valence-corrected chi connectivity index (χ0v) is 11.4. The number of benzene rings is 1. The summed E-state index contributed by atoms with van der Waals surface area (Å²) in [7, 11) is 0. The molecule has 0 bridgehead atoms. The van der Waals surface area contributed by atoms with Gasteiger partial charge in [0.05, 0.1) is 0 Å². The standard InChI is InChI=1S/C15H22N2O/c1-4-10(3)14(16)12-8-9(2)7-11-5-6-13(18)17-15(11)12/h7-8,10,14H,4-6,16H2,1-3H3,(H,17,18). The number of hydrogen-bond acceptors (Lipinski definition) is 2. The van der Waals surface area contributed by atoms with Crippen LogP contribution < -0.4 is 11.1 Å². The molecule has 0 spiro atoms. The van der Waals surface area contributed by atoms with Gasteiger partial charge < -0.3 is 11.1 Å². The summed E-state index contributed by atoms with van der Waals surface area (Å²) < 4.78 is 0. The van der Waals surface area contributed by atoms with Gasteiger partial charge in [0.2, 0.25) is 5.91 Å². The topological polar surface area (TPSA) is 55.1 Å². The Morgan fingerprint density at radius 2 is 2.11 bits per heavy atom. The van der Waals surface area contributed by atoms with Crippen LogP contribution in [0.2, 0.25) is 0 Å². The number of nitrogens with two attached hydrogens (primary N) is 1. The van der Waals surface area contributed by atoms with Crippen molar-refractivity contribution in [1.29, 1.82) is 0 Å². The molecule has 1 aliphatic rings. The number of nitrogens with one attached hydrogen (secondary N) is 1. The van der Waals surface area contributed by atoms with Crippen LogP contribution in [0.1, 0.15) is 49.4 Å². The van der Waals surface area contributed by atoms with Crippen molar-refractivity contribution in [2.75, 3.05) is 5.32 Å². The molecule has 0 saturated heterocycles. The van der Waals surface area contributed by atoms with Gasteiger partial charge in [0, 0.05) is 18.2 Å². The number of hydrogen-bond donors (Lipinski definition) is 2. The molecule has 2 unspecified atom stereocenters. The molecule has 0 aliphatic carbocycles. The molecule has 0 saturated carbocycles. The largest absolute Gasteiger partial charge is 0.326 e. The number of rotatable bonds is 3. The third-order valence-corrected chi connectivity index (χ3v) is 3.90. The van der Waals surface area contributed by atoms with E-state index in [-0.39, 0.29) is 11.9 Å². The van der Waals surface area contributed by atoms with Crippen molar-refractivity contribution in [1.82, 2.24) is 0 Å². The van der Waals surface area contributed by atoms with E-state index in [1.165, 1.54) is 11.1 Å². The highest BCUT2D eigenvalue weighted by atomic mass is 16.1. The Labute approximate surface area is 109 Å². The molecule has 0 radical (unpaired) electrons. The molecule has 1 aromatic carbocycles. The Kier molecular flexibility index (Phi) is 3.71. The Morgan fingerprint density at radius 3 is 2.78 bits per heavy atom. The first kappa shape index (κ1) is 13.1. The second-order valence-corrected chi connectivity index (χ2v) is 5.35. The van der Waals surface area contributed by atoms with E-state index in [4.69, 9.17) is 5.73 Å². The predicted molar refractivity (Wildman–Crippen MR) is 74.5 cm³/mol. The third-order valence-electron chi connectivity index (χ3n) is 3.90. The minimum atomic E-state index is -0.0120. The Bertz CT molecular complexity index is 468. The summed E-state index contributed by atoms with van der Waals surface area (Å²) in [4.78, 5) is 11.6. The van der Waals surface area contributed by atoms with Crippen molar-refractivity contribution in [3.8, 4) is 0 Å². The maximum Gasteiger partial charge on any atom is 0.224 e. The lowest BCUT2D eigenvalue weighted by Gasteiger charge is -2.27. The number of carbonyl (C=O) groups is 1. The van der Waals surface area contributed by atoms with Crippen molar-refractivity contribution >= 4 is 11.6 Å². The summed E-state index contributed by atoms with van der Waals surface area (Å²) in [6.07, 6.45) is 2.44. The molecule has 3 N–H and O–H groups in total. The summed E-state index contributed by atoms with van der Waals surface area (Å²) in [5.74, 6) is 0.513. The van der Waals surface area contributed by atoms with Crippen LogP contribution in [0.15, 0.2) is 12.1 Å². The van der Waals surface area contributed by atoms with E-state index in [1.807, 2.05) is 0 Å². The average Bonchev–Trinajstić information content (AvgIpc) is 2.36. The van der Waals surface area contributed by atoms with Crippen LogP contribution in [0.3, 0.4) is 0 Å². The van der Waals surface area contributed by atoms with Crippen LogP contribution in [0.4, 0.5) is 5.69 Å². The summed E-state index contributed by atoms with van der Waals surface area (Å²) in [6.45, 7) is 6.39. The van der Waals surface area contributed by atoms with E-state index in [2.05, 4.69) is 38.2 Å². The van der Waals surface area contributed by atoms with Crippen LogP contribution in [0.25, 0.3) is 0 Å². The van der Waals surface area contributed by atoms with E-state index in [0.717, 1.165) is 24.1 Å². The Balaban J connectivity index is 2.46. The molecular weight excluding hydrogens is 224 g/mol. The number of carbonyl (C=O) groups excluding carboxylic acids is 1. The number of amides is 1. The fourth-order valence-electron chi connectivity index (χ4n) is 2.51. The Hall–Kier alpha value is -1.35. The van der Waals surface area contributed by atoms with Crippen molar-refractivity contribution in [3.05, 3.63) is 28.8 Å². The average molecular weight is 246 g/mol. The highest BCUT2D eigenvalue weighted by Gasteiger charge is 2.23. The van der Waals surface area contributed by atoms with Gasteiger partial charge in [-0.25, -0.2) is 0 Å². The van der Waals surface area contributed by atoms with E-state index in [9.17, 15) is 4.79 Å². The van der Waals surface area contributed by atoms with Gasteiger partial charge in [-0.1, -0.05) is 38.0 Å². The quantitative estimate of drug-likeness (QED) is 0.861. The first-order valence-electron chi connectivity index (χ1n) is 6.71. The van der Waals surface area contributed by atoms with E-state index in [0.29, 0.717) is 12.3 Å². The van der Waals surface area contributed by atoms with Gasteiger partial charge in [-0.05, 0) is 30.4 Å². The van der Waals surface area contributed by atoms with Gasteiger partial charge in [-0.2, -0.15) is 0 Å². The number of aryl methyl sites for hydroxylation is 2. The molecule has 2 atom stereocenters. The minimum absolute atomic E-state index is 0.0120.